The van der Waals surface area contributed by atoms with Gasteiger partial charge in [-0.25, -0.2) is 0 Å². The number of hydrogen-bond donors (Lipinski definition) is 3. The van der Waals surface area contributed by atoms with E-state index in [0.717, 1.165) is 11.1 Å². The summed E-state index contributed by atoms with van der Waals surface area (Å²) >= 11 is 8.58. The van der Waals surface area contributed by atoms with Crippen LogP contribution in [0.1, 0.15) is 27.4 Å². The highest BCUT2D eigenvalue weighted by atomic mass is 79.9. The topological polar surface area (TPSA) is 88.7 Å². The van der Waals surface area contributed by atoms with E-state index < -0.39 is 11.8 Å². The van der Waals surface area contributed by atoms with Gasteiger partial charge in [0.15, 0.2) is 5.11 Å². The zero-order valence-electron chi connectivity index (χ0n) is 18.4. The summed E-state index contributed by atoms with van der Waals surface area (Å²) in [6.07, 6.45) is 0. The highest BCUT2D eigenvalue weighted by Crippen LogP contribution is 2.26. The molecule has 3 N–H and O–H groups in total. The van der Waals surface area contributed by atoms with Crippen LogP contribution in [-0.4, -0.2) is 37.3 Å². The number of thiocarbonyl (C=S) groups is 1. The zero-order chi connectivity index (χ0) is 24.3. The van der Waals surface area contributed by atoms with Crippen molar-refractivity contribution < 1.29 is 19.1 Å². The molecule has 3 rings (SSSR count). The number of hydrogen-bond acceptors (Lipinski definition) is 5. The lowest BCUT2D eigenvalue weighted by Crippen LogP contribution is -2.49. The van der Waals surface area contributed by atoms with Crippen molar-refractivity contribution in [2.75, 3.05) is 20.3 Å². The summed E-state index contributed by atoms with van der Waals surface area (Å²) in [7, 11) is 1.59. The molecule has 2 amide bonds. The lowest BCUT2D eigenvalue weighted by Gasteiger charge is -2.19. The molecule has 0 heterocycles. The molecule has 0 aromatic heterocycles. The van der Waals surface area contributed by atoms with Crippen LogP contribution in [0.3, 0.4) is 0 Å². The Morgan fingerprint density at radius 3 is 2.09 bits per heavy atom. The van der Waals surface area contributed by atoms with E-state index in [-0.39, 0.29) is 11.0 Å². The molecule has 9 heteroatoms. The predicted molar refractivity (Wildman–Crippen MR) is 138 cm³/mol. The van der Waals surface area contributed by atoms with Gasteiger partial charge in [-0.3, -0.25) is 25.8 Å². The van der Waals surface area contributed by atoms with Crippen molar-refractivity contribution >= 4 is 45.1 Å². The van der Waals surface area contributed by atoms with Gasteiger partial charge in [-0.1, -0.05) is 60.7 Å². The maximum atomic E-state index is 13.0. The van der Waals surface area contributed by atoms with Crippen LogP contribution in [0.15, 0.2) is 83.3 Å². The van der Waals surface area contributed by atoms with Crippen molar-refractivity contribution in [2.45, 2.75) is 5.92 Å². The number of amides is 2. The summed E-state index contributed by atoms with van der Waals surface area (Å²) in [6.45, 7) is 0.844. The lowest BCUT2D eigenvalue weighted by atomic mass is 9.91. The number of ether oxygens (including phenoxy) is 2. The smallest absolute Gasteiger partial charge is 0.257 e. The van der Waals surface area contributed by atoms with Gasteiger partial charge in [0.05, 0.1) is 17.0 Å². The molecule has 0 unspecified atom stereocenters. The SMILES string of the molecule is COCCOc1ccc(C(=O)NC(=S)NNC(=O)C(c2ccccc2)c2ccccc2)cc1Br. The van der Waals surface area contributed by atoms with Gasteiger partial charge < -0.3 is 9.47 Å². The molecule has 0 spiro atoms. The first kappa shape index (κ1) is 25.4. The predicted octanol–water partition coefficient (Wildman–Crippen LogP) is 3.94. The number of halogens is 1. The van der Waals surface area contributed by atoms with E-state index >= 15 is 0 Å². The second-order valence-corrected chi connectivity index (χ2v) is 8.40. The monoisotopic (exact) mass is 541 g/mol. The average molecular weight is 542 g/mol. The minimum atomic E-state index is -0.546. The fourth-order valence-corrected chi connectivity index (χ4v) is 3.81. The van der Waals surface area contributed by atoms with E-state index in [1.165, 1.54) is 0 Å². The minimum Gasteiger partial charge on any atom is -0.490 e. The molecule has 0 saturated carbocycles. The van der Waals surface area contributed by atoms with E-state index in [1.807, 2.05) is 60.7 Å². The second-order valence-electron chi connectivity index (χ2n) is 7.14. The minimum absolute atomic E-state index is 0.0326. The Bertz CT molecular complexity index is 1090. The molecular formula is C25H24BrN3O4S. The molecule has 176 valence electrons. The quantitative estimate of drug-likeness (QED) is 0.227. The molecule has 0 saturated heterocycles. The van der Waals surface area contributed by atoms with Crippen LogP contribution in [0.4, 0.5) is 0 Å². The zero-order valence-corrected chi connectivity index (χ0v) is 20.8. The Kier molecular flexibility index (Phi) is 9.57. The molecular weight excluding hydrogens is 518 g/mol. The van der Waals surface area contributed by atoms with E-state index in [1.54, 1.807) is 25.3 Å². The Balaban J connectivity index is 1.59. The molecule has 3 aromatic rings. The molecule has 0 aliphatic rings. The Morgan fingerprint density at radius 2 is 1.53 bits per heavy atom. The summed E-state index contributed by atoms with van der Waals surface area (Å²) < 4.78 is 11.1. The molecule has 0 radical (unpaired) electrons. The van der Waals surface area contributed by atoms with Gasteiger partial charge in [0.1, 0.15) is 12.4 Å². The van der Waals surface area contributed by atoms with Crippen molar-refractivity contribution in [1.29, 1.82) is 0 Å². The normalized spacial score (nSPS) is 10.4. The second kappa shape index (κ2) is 12.8. The summed E-state index contributed by atoms with van der Waals surface area (Å²) in [5.74, 6) is -0.697. The molecule has 7 nitrogen and oxygen atoms in total. The molecule has 34 heavy (non-hydrogen) atoms. The fourth-order valence-electron chi connectivity index (χ4n) is 3.18. The maximum Gasteiger partial charge on any atom is 0.257 e. The standard InChI is InChI=1S/C25H24BrN3O4S/c1-32-14-15-33-21-13-12-19(16-20(21)26)23(30)27-25(34)29-28-24(31)22(17-8-4-2-5-9-17)18-10-6-3-7-11-18/h2-13,16,22H,14-15H2,1H3,(H,28,31)(H2,27,29,30,34). The number of nitrogens with one attached hydrogen (secondary N) is 3. The van der Waals surface area contributed by atoms with Crippen molar-refractivity contribution in [3.8, 4) is 5.75 Å². The molecule has 0 aliphatic carbocycles. The number of methoxy groups -OCH3 is 1. The van der Waals surface area contributed by atoms with Gasteiger partial charge in [-0.2, -0.15) is 0 Å². The molecule has 0 aliphatic heterocycles. The molecule has 3 aromatic carbocycles. The molecule has 0 fully saturated rings. The summed E-state index contributed by atoms with van der Waals surface area (Å²) in [5, 5.41) is 2.52. The Morgan fingerprint density at radius 1 is 0.912 bits per heavy atom. The number of rotatable bonds is 8. The van der Waals surface area contributed by atoms with Crippen LogP contribution >= 0.6 is 28.1 Å². The lowest BCUT2D eigenvalue weighted by molar-refractivity contribution is -0.122. The summed E-state index contributed by atoms with van der Waals surface area (Å²) in [5.41, 5.74) is 7.25. The third-order valence-electron chi connectivity index (χ3n) is 4.79. The average Bonchev–Trinajstić information content (AvgIpc) is 2.85. The highest BCUT2D eigenvalue weighted by molar-refractivity contribution is 9.10. The van der Waals surface area contributed by atoms with Crippen LogP contribution in [0.5, 0.6) is 5.75 Å². The first-order chi connectivity index (χ1) is 16.5. The highest BCUT2D eigenvalue weighted by Gasteiger charge is 2.22. The first-order valence-electron chi connectivity index (χ1n) is 10.4. The number of benzene rings is 3. The van der Waals surface area contributed by atoms with Crippen LogP contribution < -0.4 is 20.9 Å². The van der Waals surface area contributed by atoms with Gasteiger partial charge >= 0.3 is 0 Å². The third-order valence-corrected chi connectivity index (χ3v) is 5.62. The summed E-state index contributed by atoms with van der Waals surface area (Å²) in [4.78, 5) is 25.6. The van der Waals surface area contributed by atoms with Crippen LogP contribution in [0, 0.1) is 0 Å². The number of carbonyl (C=O) groups is 2. The van der Waals surface area contributed by atoms with E-state index in [9.17, 15) is 9.59 Å². The van der Waals surface area contributed by atoms with Crippen molar-refractivity contribution in [3.63, 3.8) is 0 Å². The fraction of sp³-hybridized carbons (Fsp3) is 0.160. The van der Waals surface area contributed by atoms with Gasteiger partial charge in [0.2, 0.25) is 5.91 Å². The van der Waals surface area contributed by atoms with E-state index in [4.69, 9.17) is 21.7 Å². The van der Waals surface area contributed by atoms with E-state index in [2.05, 4.69) is 32.1 Å². The Hall–Kier alpha value is -3.27. The van der Waals surface area contributed by atoms with Crippen LogP contribution in [0.25, 0.3) is 0 Å². The van der Waals surface area contributed by atoms with Crippen molar-refractivity contribution in [1.82, 2.24) is 16.2 Å². The van der Waals surface area contributed by atoms with Gasteiger partial charge in [0.25, 0.3) is 5.91 Å². The van der Waals surface area contributed by atoms with Gasteiger partial charge in [0, 0.05) is 12.7 Å². The van der Waals surface area contributed by atoms with Crippen LogP contribution in [-0.2, 0) is 9.53 Å². The number of carbonyl (C=O) groups excluding carboxylic acids is 2. The Labute approximate surface area is 211 Å². The first-order valence-corrected chi connectivity index (χ1v) is 11.6. The van der Waals surface area contributed by atoms with Crippen LogP contribution in [0.2, 0.25) is 0 Å². The third kappa shape index (κ3) is 7.11. The molecule has 0 bridgehead atoms. The molecule has 0 atom stereocenters. The van der Waals surface area contributed by atoms with Gasteiger partial charge in [-0.15, -0.1) is 0 Å². The van der Waals surface area contributed by atoms with Crippen molar-refractivity contribution in [3.05, 3.63) is 100 Å². The summed E-state index contributed by atoms with van der Waals surface area (Å²) in [6, 6.07) is 23.8. The van der Waals surface area contributed by atoms with Crippen molar-refractivity contribution in [2.24, 2.45) is 0 Å². The largest absolute Gasteiger partial charge is 0.490 e. The van der Waals surface area contributed by atoms with Gasteiger partial charge in [-0.05, 0) is 57.5 Å². The van der Waals surface area contributed by atoms with E-state index in [0.29, 0.717) is 29.0 Å². The maximum absolute atomic E-state index is 13.0. The number of hydrazine groups is 1.